The van der Waals surface area contributed by atoms with Crippen molar-refractivity contribution in [2.75, 3.05) is 16.3 Å². The summed E-state index contributed by atoms with van der Waals surface area (Å²) in [5, 5.41) is 0. The molecular formula is C28H28N2O5. The molecule has 2 saturated heterocycles. The Morgan fingerprint density at radius 1 is 0.971 bits per heavy atom. The number of rotatable bonds is 5. The molecule has 3 atom stereocenters. The summed E-state index contributed by atoms with van der Waals surface area (Å²) in [6.07, 6.45) is 5.98. The van der Waals surface area contributed by atoms with Crippen LogP contribution < -0.4 is 14.5 Å². The second kappa shape index (κ2) is 9.13. The van der Waals surface area contributed by atoms with Crippen molar-refractivity contribution in [2.45, 2.75) is 39.5 Å². The molecule has 0 N–H and O–H groups in total. The zero-order valence-corrected chi connectivity index (χ0v) is 19.9. The van der Waals surface area contributed by atoms with E-state index in [4.69, 9.17) is 4.74 Å². The molecule has 1 aliphatic carbocycles. The summed E-state index contributed by atoms with van der Waals surface area (Å²) in [5.74, 6) is -1.74. The predicted molar refractivity (Wildman–Crippen MR) is 131 cm³/mol. The number of amides is 3. The Morgan fingerprint density at radius 2 is 1.66 bits per heavy atom. The van der Waals surface area contributed by atoms with Gasteiger partial charge in [0.2, 0.25) is 17.7 Å². The van der Waals surface area contributed by atoms with E-state index < -0.39 is 11.9 Å². The van der Waals surface area contributed by atoms with E-state index in [1.165, 1.54) is 4.90 Å². The number of allylic oxidation sites excluding steroid dienone is 2. The van der Waals surface area contributed by atoms with E-state index in [1.807, 2.05) is 43.3 Å². The molecule has 0 unspecified atom stereocenters. The normalized spacial score (nSPS) is 23.7. The third-order valence-corrected chi connectivity index (χ3v) is 7.26. The number of aryl methyl sites for hydroxylation is 2. The Hall–Kier alpha value is -3.74. The van der Waals surface area contributed by atoms with Gasteiger partial charge in [0.15, 0.2) is 0 Å². The number of hydrogen-bond acceptors (Lipinski definition) is 5. The number of nitrogens with zero attached hydrogens (tertiary/aromatic N) is 2. The first-order valence-corrected chi connectivity index (χ1v) is 12.1. The fourth-order valence-electron chi connectivity index (χ4n) is 5.35. The average Bonchev–Trinajstić information content (AvgIpc) is 3.37. The smallest absolute Gasteiger partial charge is 0.316 e. The van der Waals surface area contributed by atoms with E-state index in [0.29, 0.717) is 29.8 Å². The number of imide groups is 1. The first kappa shape index (κ1) is 23.0. The summed E-state index contributed by atoms with van der Waals surface area (Å²) in [5.41, 5.74) is 3.09. The third kappa shape index (κ3) is 4.05. The summed E-state index contributed by atoms with van der Waals surface area (Å²) in [4.78, 5) is 54.3. The van der Waals surface area contributed by atoms with Crippen LogP contribution in [-0.2, 0) is 25.6 Å². The maximum absolute atomic E-state index is 12.9. The van der Waals surface area contributed by atoms with Crippen LogP contribution in [-0.4, -0.2) is 30.2 Å². The number of ether oxygens (including phenoxy) is 1. The average molecular weight is 473 g/mol. The molecule has 0 saturated carbocycles. The summed E-state index contributed by atoms with van der Waals surface area (Å²) in [6.45, 7) is 4.10. The van der Waals surface area contributed by atoms with Crippen LogP contribution in [0.2, 0.25) is 0 Å². The Kier molecular flexibility index (Phi) is 6.01. The number of carbonyl (C=O) groups is 4. The molecule has 7 nitrogen and oxygen atoms in total. The van der Waals surface area contributed by atoms with Gasteiger partial charge < -0.3 is 9.64 Å². The second-order valence-corrected chi connectivity index (χ2v) is 9.42. The molecule has 3 amide bonds. The number of para-hydroxylation sites is 1. The van der Waals surface area contributed by atoms with Gasteiger partial charge in [0.25, 0.3) is 0 Å². The summed E-state index contributed by atoms with van der Waals surface area (Å²) in [7, 11) is 0. The number of fused-ring (bicyclic) bond motifs is 1. The minimum absolute atomic E-state index is 0.0959. The van der Waals surface area contributed by atoms with Crippen LogP contribution in [0.4, 0.5) is 11.4 Å². The quantitative estimate of drug-likeness (QED) is 0.285. The topological polar surface area (TPSA) is 84.0 Å². The molecule has 0 bridgehead atoms. The van der Waals surface area contributed by atoms with Gasteiger partial charge in [-0.25, -0.2) is 4.90 Å². The van der Waals surface area contributed by atoms with Crippen LogP contribution in [0.3, 0.4) is 0 Å². The fraction of sp³-hybridized carbons (Fsp3) is 0.357. The SMILES string of the molecule is CCc1ccccc1N1C[C@H](C(=O)Oc2ccc(N3C(=O)[C@H]4CC=CC[C@H]4C3=O)c(C)c2)CC1=O. The molecule has 3 aliphatic rings. The van der Waals surface area contributed by atoms with E-state index in [-0.39, 0.29) is 42.5 Å². The predicted octanol–water partition coefficient (Wildman–Crippen LogP) is 3.97. The molecule has 2 aromatic carbocycles. The highest BCUT2D eigenvalue weighted by atomic mass is 16.5. The van der Waals surface area contributed by atoms with Gasteiger partial charge in [0, 0.05) is 18.7 Å². The van der Waals surface area contributed by atoms with Gasteiger partial charge in [-0.1, -0.05) is 37.3 Å². The lowest BCUT2D eigenvalue weighted by Gasteiger charge is -2.20. The molecule has 0 aromatic heterocycles. The van der Waals surface area contributed by atoms with E-state index in [9.17, 15) is 19.2 Å². The number of hydrogen-bond donors (Lipinski definition) is 0. The maximum atomic E-state index is 12.9. The minimum atomic E-state index is -0.565. The monoisotopic (exact) mass is 472 g/mol. The molecule has 2 heterocycles. The highest BCUT2D eigenvalue weighted by Crippen LogP contribution is 2.39. The lowest BCUT2D eigenvalue weighted by Crippen LogP contribution is -2.31. The van der Waals surface area contributed by atoms with Crippen molar-refractivity contribution in [2.24, 2.45) is 17.8 Å². The molecule has 2 aromatic rings. The second-order valence-electron chi connectivity index (χ2n) is 9.42. The number of benzene rings is 2. The van der Waals surface area contributed by atoms with Gasteiger partial charge in [-0.3, -0.25) is 19.2 Å². The van der Waals surface area contributed by atoms with Gasteiger partial charge in [0.05, 0.1) is 23.4 Å². The van der Waals surface area contributed by atoms with Crippen molar-refractivity contribution in [3.05, 3.63) is 65.7 Å². The van der Waals surface area contributed by atoms with Crippen LogP contribution in [0.25, 0.3) is 0 Å². The summed E-state index contributed by atoms with van der Waals surface area (Å²) >= 11 is 0. The molecule has 180 valence electrons. The Balaban J connectivity index is 1.29. The standard InChI is InChI=1S/C28H28N2O5/c1-3-18-8-4-7-11-24(18)29-16-19(15-25(29)31)28(34)35-20-12-13-23(17(2)14-20)30-26(32)21-9-5-6-10-22(21)27(30)33/h4-8,11-14,19,21-22H,3,9-10,15-16H2,1-2H3/t19-,21-,22+/m1/s1. The van der Waals surface area contributed by atoms with Crippen molar-refractivity contribution < 1.29 is 23.9 Å². The molecular weight excluding hydrogens is 444 g/mol. The molecule has 0 radical (unpaired) electrons. The molecule has 7 heteroatoms. The summed E-state index contributed by atoms with van der Waals surface area (Å²) in [6, 6.07) is 12.6. The van der Waals surface area contributed by atoms with Crippen LogP contribution in [0, 0.1) is 24.7 Å². The number of esters is 1. The van der Waals surface area contributed by atoms with Gasteiger partial charge in [-0.05, 0) is 61.6 Å². The lowest BCUT2D eigenvalue weighted by atomic mass is 9.85. The fourth-order valence-corrected chi connectivity index (χ4v) is 5.35. The van der Waals surface area contributed by atoms with Crippen LogP contribution >= 0.6 is 0 Å². The summed E-state index contributed by atoms with van der Waals surface area (Å²) < 4.78 is 5.62. The Morgan fingerprint density at radius 3 is 2.31 bits per heavy atom. The number of carbonyl (C=O) groups excluding carboxylic acids is 4. The van der Waals surface area contributed by atoms with Crippen molar-refractivity contribution in [1.29, 1.82) is 0 Å². The molecule has 35 heavy (non-hydrogen) atoms. The zero-order chi connectivity index (χ0) is 24.7. The Bertz CT molecular complexity index is 1220. The molecule has 2 aliphatic heterocycles. The zero-order valence-electron chi connectivity index (χ0n) is 19.9. The Labute approximate surface area is 204 Å². The first-order valence-electron chi connectivity index (χ1n) is 12.1. The third-order valence-electron chi connectivity index (χ3n) is 7.26. The van der Waals surface area contributed by atoms with Crippen molar-refractivity contribution in [3.63, 3.8) is 0 Å². The first-order chi connectivity index (χ1) is 16.9. The highest BCUT2D eigenvalue weighted by molar-refractivity contribution is 6.22. The van der Waals surface area contributed by atoms with Crippen LogP contribution in [0.15, 0.2) is 54.6 Å². The molecule has 2 fully saturated rings. The van der Waals surface area contributed by atoms with Crippen molar-refractivity contribution in [1.82, 2.24) is 0 Å². The van der Waals surface area contributed by atoms with Gasteiger partial charge in [-0.15, -0.1) is 0 Å². The van der Waals surface area contributed by atoms with E-state index in [1.54, 1.807) is 30.0 Å². The van der Waals surface area contributed by atoms with Crippen LogP contribution in [0.1, 0.15) is 37.3 Å². The van der Waals surface area contributed by atoms with Crippen LogP contribution in [0.5, 0.6) is 5.75 Å². The molecule has 0 spiro atoms. The van der Waals surface area contributed by atoms with Gasteiger partial charge in [-0.2, -0.15) is 0 Å². The van der Waals surface area contributed by atoms with E-state index in [2.05, 4.69) is 0 Å². The van der Waals surface area contributed by atoms with E-state index in [0.717, 1.165) is 17.7 Å². The largest absolute Gasteiger partial charge is 0.426 e. The highest BCUT2D eigenvalue weighted by Gasteiger charge is 2.48. The maximum Gasteiger partial charge on any atom is 0.316 e. The van der Waals surface area contributed by atoms with Crippen molar-refractivity contribution in [3.8, 4) is 5.75 Å². The molecule has 5 rings (SSSR count). The minimum Gasteiger partial charge on any atom is -0.426 e. The lowest BCUT2D eigenvalue weighted by molar-refractivity contribution is -0.139. The van der Waals surface area contributed by atoms with Gasteiger partial charge in [0.1, 0.15) is 5.75 Å². The van der Waals surface area contributed by atoms with Crippen molar-refractivity contribution >= 4 is 35.1 Å². The van der Waals surface area contributed by atoms with Gasteiger partial charge >= 0.3 is 5.97 Å². The van der Waals surface area contributed by atoms with E-state index >= 15 is 0 Å². The number of anilines is 2.